The Morgan fingerprint density at radius 3 is 2.65 bits per heavy atom. The Balaban J connectivity index is 1.18. The lowest BCUT2D eigenvalue weighted by atomic mass is 9.89. The first-order valence-electron chi connectivity index (χ1n) is 11.5. The molecule has 1 atom stereocenters. The predicted octanol–water partition coefficient (Wildman–Crippen LogP) is 2.01. The number of urea groups is 1. The van der Waals surface area contributed by atoms with Gasteiger partial charge in [-0.1, -0.05) is 6.92 Å². The normalized spacial score (nSPS) is 22.7. The van der Waals surface area contributed by atoms with Gasteiger partial charge in [-0.15, -0.1) is 11.3 Å². The molecule has 0 aromatic carbocycles. The number of anilines is 1. The summed E-state index contributed by atoms with van der Waals surface area (Å²) in [4.78, 5) is 31.0. The van der Waals surface area contributed by atoms with Crippen LogP contribution in [0.15, 0.2) is 0 Å². The van der Waals surface area contributed by atoms with Gasteiger partial charge in [0.1, 0.15) is 16.5 Å². The third-order valence-corrected chi connectivity index (χ3v) is 7.95. The van der Waals surface area contributed by atoms with E-state index in [0.29, 0.717) is 32.1 Å². The molecule has 9 heteroatoms. The van der Waals surface area contributed by atoms with Crippen molar-refractivity contribution in [2.45, 2.75) is 32.6 Å². The van der Waals surface area contributed by atoms with Crippen molar-refractivity contribution < 1.29 is 9.53 Å². The summed E-state index contributed by atoms with van der Waals surface area (Å²) in [6.45, 7) is 9.22. The van der Waals surface area contributed by atoms with Gasteiger partial charge in [-0.25, -0.2) is 14.8 Å². The molecule has 0 bridgehead atoms. The minimum atomic E-state index is 0.153. The number of nitrogen functional groups attached to an aromatic ring is 1. The summed E-state index contributed by atoms with van der Waals surface area (Å²) in [7, 11) is 0. The highest BCUT2D eigenvalue weighted by atomic mass is 32.1. The predicted molar refractivity (Wildman–Crippen MR) is 123 cm³/mol. The van der Waals surface area contributed by atoms with E-state index in [-0.39, 0.29) is 6.03 Å². The second-order valence-electron chi connectivity index (χ2n) is 9.02. The van der Waals surface area contributed by atoms with Gasteiger partial charge in [-0.2, -0.15) is 0 Å². The van der Waals surface area contributed by atoms with Crippen LogP contribution in [0.5, 0.6) is 0 Å². The van der Waals surface area contributed by atoms with Crippen molar-refractivity contribution in [2.75, 3.05) is 64.8 Å². The van der Waals surface area contributed by atoms with Gasteiger partial charge in [-0.3, -0.25) is 4.90 Å². The third-order valence-electron chi connectivity index (χ3n) is 6.81. The van der Waals surface area contributed by atoms with Crippen molar-refractivity contribution >= 4 is 33.4 Å². The van der Waals surface area contributed by atoms with E-state index in [1.807, 2.05) is 21.1 Å². The number of hydrogen-bond acceptors (Lipinski definition) is 7. The average molecular weight is 445 g/mol. The summed E-state index contributed by atoms with van der Waals surface area (Å²) in [6.07, 6.45) is 4.24. The van der Waals surface area contributed by atoms with Gasteiger partial charge in [-0.05, 0) is 30.7 Å². The molecule has 168 valence electrons. The van der Waals surface area contributed by atoms with Crippen molar-refractivity contribution in [3.8, 4) is 0 Å². The smallest absolute Gasteiger partial charge is 0.320 e. The molecule has 5 rings (SSSR count). The summed E-state index contributed by atoms with van der Waals surface area (Å²) in [5.74, 6) is 2.22. The first kappa shape index (κ1) is 20.9. The molecule has 2 aromatic rings. The lowest BCUT2D eigenvalue weighted by Gasteiger charge is -2.38. The molecular formula is C22H32N6O2S. The van der Waals surface area contributed by atoms with E-state index in [2.05, 4.69) is 16.8 Å². The number of piperazine rings is 1. The van der Waals surface area contributed by atoms with Crippen LogP contribution in [-0.2, 0) is 24.0 Å². The van der Waals surface area contributed by atoms with Crippen LogP contribution in [0.4, 0.5) is 10.6 Å². The Morgan fingerprint density at radius 1 is 1.13 bits per heavy atom. The van der Waals surface area contributed by atoms with Crippen LogP contribution in [0.1, 0.15) is 29.6 Å². The molecule has 8 nitrogen and oxygen atoms in total. The molecule has 2 N–H and O–H groups in total. The van der Waals surface area contributed by atoms with E-state index in [1.165, 1.54) is 16.9 Å². The molecule has 1 aliphatic carbocycles. The zero-order chi connectivity index (χ0) is 21.4. The minimum absolute atomic E-state index is 0.153. The molecule has 1 unspecified atom stereocenters. The molecular weight excluding hydrogens is 412 g/mol. The number of aromatic nitrogens is 2. The second kappa shape index (κ2) is 8.88. The number of nitrogens with zero attached hydrogens (tertiary/aromatic N) is 5. The number of morpholine rings is 1. The van der Waals surface area contributed by atoms with Gasteiger partial charge in [0.05, 0.1) is 18.6 Å². The molecule has 0 radical (unpaired) electrons. The summed E-state index contributed by atoms with van der Waals surface area (Å²) >= 11 is 1.81. The molecule has 2 aliphatic heterocycles. The number of thiophene rings is 1. The van der Waals surface area contributed by atoms with E-state index < -0.39 is 0 Å². The minimum Gasteiger partial charge on any atom is -0.383 e. The standard InChI is InChI=1S/C22H32N6O2S/c1-15-2-3-16-17(14-15)31-21-19(16)20(23)24-18(25-21)4-5-26-6-8-27(9-7-26)22(29)28-10-12-30-13-11-28/h15H,2-14H2,1H3,(H2,23,24,25). The first-order valence-corrected chi connectivity index (χ1v) is 12.3. The molecule has 2 aromatic heterocycles. The topological polar surface area (TPSA) is 87.8 Å². The van der Waals surface area contributed by atoms with Crippen molar-refractivity contribution in [3.63, 3.8) is 0 Å². The summed E-state index contributed by atoms with van der Waals surface area (Å²) < 4.78 is 5.35. The van der Waals surface area contributed by atoms with Crippen molar-refractivity contribution in [3.05, 3.63) is 16.3 Å². The Bertz CT molecular complexity index is 949. The Labute approximate surface area is 187 Å². The molecule has 2 amide bonds. The molecule has 2 fully saturated rings. The third kappa shape index (κ3) is 4.36. The number of hydrogen-bond donors (Lipinski definition) is 1. The number of rotatable bonds is 3. The number of carbonyl (C=O) groups excluding carboxylic acids is 1. The summed E-state index contributed by atoms with van der Waals surface area (Å²) in [6, 6.07) is 0.153. The molecule has 0 saturated carbocycles. The molecule has 31 heavy (non-hydrogen) atoms. The van der Waals surface area contributed by atoms with Crippen LogP contribution >= 0.6 is 11.3 Å². The number of aryl methyl sites for hydroxylation is 1. The fourth-order valence-electron chi connectivity index (χ4n) is 4.90. The van der Waals surface area contributed by atoms with Gasteiger partial charge < -0.3 is 20.3 Å². The fraction of sp³-hybridized carbons (Fsp3) is 0.682. The number of fused-ring (bicyclic) bond motifs is 3. The van der Waals surface area contributed by atoms with Crippen molar-refractivity contribution in [1.82, 2.24) is 24.7 Å². The Morgan fingerprint density at radius 2 is 1.87 bits per heavy atom. The van der Waals surface area contributed by atoms with Gasteiger partial charge >= 0.3 is 6.03 Å². The SMILES string of the molecule is CC1CCc2c(sc3nc(CCN4CCN(C(=O)N5CCOCC5)CC4)nc(N)c23)C1. The highest BCUT2D eigenvalue weighted by molar-refractivity contribution is 7.19. The monoisotopic (exact) mass is 444 g/mol. The van der Waals surface area contributed by atoms with Gasteiger partial charge in [0.15, 0.2) is 0 Å². The van der Waals surface area contributed by atoms with Gasteiger partial charge in [0.2, 0.25) is 0 Å². The van der Waals surface area contributed by atoms with Crippen LogP contribution in [0, 0.1) is 5.92 Å². The summed E-state index contributed by atoms with van der Waals surface area (Å²) in [5, 5.41) is 1.10. The lowest BCUT2D eigenvalue weighted by Crippen LogP contribution is -2.54. The quantitative estimate of drug-likeness (QED) is 0.779. The van der Waals surface area contributed by atoms with E-state index in [1.54, 1.807) is 0 Å². The van der Waals surface area contributed by atoms with Gasteiger partial charge in [0, 0.05) is 57.1 Å². The Kier molecular flexibility index (Phi) is 5.99. The highest BCUT2D eigenvalue weighted by Crippen LogP contribution is 2.39. The summed E-state index contributed by atoms with van der Waals surface area (Å²) in [5.41, 5.74) is 7.77. The largest absolute Gasteiger partial charge is 0.383 e. The van der Waals surface area contributed by atoms with Gasteiger partial charge in [0.25, 0.3) is 0 Å². The molecule has 4 heterocycles. The molecule has 3 aliphatic rings. The van der Waals surface area contributed by atoms with Crippen LogP contribution in [0.25, 0.3) is 10.2 Å². The van der Waals surface area contributed by atoms with Crippen LogP contribution in [0.2, 0.25) is 0 Å². The Hall–Kier alpha value is -1.97. The van der Waals surface area contributed by atoms with Crippen LogP contribution in [-0.4, -0.2) is 89.7 Å². The molecule has 0 spiro atoms. The maximum atomic E-state index is 12.6. The maximum Gasteiger partial charge on any atom is 0.320 e. The number of amides is 2. The number of nitrogens with two attached hydrogens (primary N) is 1. The number of ether oxygens (including phenoxy) is 1. The first-order chi connectivity index (χ1) is 15.1. The van der Waals surface area contributed by atoms with Crippen LogP contribution < -0.4 is 5.73 Å². The van der Waals surface area contributed by atoms with E-state index in [4.69, 9.17) is 15.5 Å². The zero-order valence-corrected chi connectivity index (χ0v) is 19.1. The molecule has 2 saturated heterocycles. The second-order valence-corrected chi connectivity index (χ2v) is 10.1. The number of carbonyl (C=O) groups is 1. The van der Waals surface area contributed by atoms with Crippen molar-refractivity contribution in [1.29, 1.82) is 0 Å². The van der Waals surface area contributed by atoms with Crippen molar-refractivity contribution in [2.24, 2.45) is 5.92 Å². The zero-order valence-electron chi connectivity index (χ0n) is 18.3. The lowest BCUT2D eigenvalue weighted by molar-refractivity contribution is 0.0377. The van der Waals surface area contributed by atoms with Crippen LogP contribution in [0.3, 0.4) is 0 Å². The van der Waals surface area contributed by atoms with E-state index in [0.717, 1.165) is 73.9 Å². The average Bonchev–Trinajstić information content (AvgIpc) is 3.16. The maximum absolute atomic E-state index is 12.6. The van der Waals surface area contributed by atoms with E-state index in [9.17, 15) is 4.79 Å². The highest BCUT2D eigenvalue weighted by Gasteiger charge is 2.27. The fourth-order valence-corrected chi connectivity index (χ4v) is 6.31. The van der Waals surface area contributed by atoms with E-state index >= 15 is 0 Å².